The van der Waals surface area contributed by atoms with E-state index >= 15 is 0 Å². The van der Waals surface area contributed by atoms with Gasteiger partial charge in [-0.1, -0.05) is 104 Å². The van der Waals surface area contributed by atoms with Gasteiger partial charge >= 0.3 is 6.36 Å². The standard InChI is InChI=1S/C27H46F3NO/c1-3-5-7-9-11-13-15-17-23-31(24-18-16-14-12-10-8-6-4-2)25-19-21-26(22-20-25)32-27(28,29)30/h19-22H,3-18,23-24H2,1-2H3. The van der Waals surface area contributed by atoms with Crippen LogP contribution in [0.1, 0.15) is 117 Å². The first-order valence-corrected chi connectivity index (χ1v) is 13.1. The molecule has 0 aromatic heterocycles. The van der Waals surface area contributed by atoms with Crippen LogP contribution in [-0.4, -0.2) is 19.5 Å². The summed E-state index contributed by atoms with van der Waals surface area (Å²) in [6.45, 7) is 6.40. The Morgan fingerprint density at radius 3 is 1.34 bits per heavy atom. The first-order chi connectivity index (χ1) is 15.5. The number of hydrogen-bond acceptors (Lipinski definition) is 2. The summed E-state index contributed by atoms with van der Waals surface area (Å²) in [6, 6.07) is 6.38. The van der Waals surface area contributed by atoms with Crippen LogP contribution in [0.3, 0.4) is 0 Å². The summed E-state index contributed by atoms with van der Waals surface area (Å²) in [4.78, 5) is 2.34. The van der Waals surface area contributed by atoms with Crippen LogP contribution in [0, 0.1) is 0 Å². The van der Waals surface area contributed by atoms with Crippen molar-refractivity contribution in [3.05, 3.63) is 24.3 Å². The minimum Gasteiger partial charge on any atom is -0.406 e. The van der Waals surface area contributed by atoms with Crippen LogP contribution in [0.2, 0.25) is 0 Å². The molecule has 0 heterocycles. The van der Waals surface area contributed by atoms with Crippen molar-refractivity contribution in [1.29, 1.82) is 0 Å². The Kier molecular flexibility index (Phi) is 16.2. The van der Waals surface area contributed by atoms with Gasteiger partial charge in [0.2, 0.25) is 0 Å². The third kappa shape index (κ3) is 15.4. The van der Waals surface area contributed by atoms with Crippen molar-refractivity contribution in [3.8, 4) is 5.75 Å². The van der Waals surface area contributed by atoms with Gasteiger partial charge in [-0.15, -0.1) is 13.2 Å². The number of ether oxygens (including phenoxy) is 1. The van der Waals surface area contributed by atoms with Crippen LogP contribution >= 0.6 is 0 Å². The third-order valence-electron chi connectivity index (χ3n) is 6.00. The van der Waals surface area contributed by atoms with Crippen LogP contribution < -0.4 is 9.64 Å². The van der Waals surface area contributed by atoms with Crippen LogP contribution in [0.4, 0.5) is 18.9 Å². The van der Waals surface area contributed by atoms with Crippen molar-refractivity contribution in [3.63, 3.8) is 0 Å². The fourth-order valence-corrected chi connectivity index (χ4v) is 4.10. The molecule has 0 aliphatic rings. The Bertz CT molecular complexity index is 525. The summed E-state index contributed by atoms with van der Waals surface area (Å²) in [6.07, 6.45) is 15.8. The maximum Gasteiger partial charge on any atom is 0.573 e. The minimum absolute atomic E-state index is 0.152. The van der Waals surface area contributed by atoms with Crippen molar-refractivity contribution in [2.45, 2.75) is 123 Å². The number of halogens is 3. The molecule has 5 heteroatoms. The van der Waals surface area contributed by atoms with Gasteiger partial charge in [0.1, 0.15) is 5.75 Å². The van der Waals surface area contributed by atoms with E-state index in [4.69, 9.17) is 0 Å². The number of hydrogen-bond donors (Lipinski definition) is 0. The van der Waals surface area contributed by atoms with Gasteiger partial charge in [0.25, 0.3) is 0 Å². The van der Waals surface area contributed by atoms with Gasteiger partial charge in [0.15, 0.2) is 0 Å². The summed E-state index contributed by atoms with van der Waals surface area (Å²) in [7, 11) is 0. The van der Waals surface area contributed by atoms with Crippen LogP contribution in [0.15, 0.2) is 24.3 Å². The Balaban J connectivity index is 2.44. The van der Waals surface area contributed by atoms with E-state index in [1.165, 1.54) is 102 Å². The van der Waals surface area contributed by atoms with Crippen molar-refractivity contribution >= 4 is 5.69 Å². The summed E-state index contributed by atoms with van der Waals surface area (Å²) in [5, 5.41) is 0. The topological polar surface area (TPSA) is 12.5 Å². The SMILES string of the molecule is CCCCCCCCCCN(CCCCCCCCCC)c1ccc(OC(F)(F)F)cc1. The molecule has 1 rings (SSSR count). The Morgan fingerprint density at radius 2 is 0.969 bits per heavy atom. The maximum absolute atomic E-state index is 12.4. The molecule has 0 atom stereocenters. The van der Waals surface area contributed by atoms with E-state index in [-0.39, 0.29) is 5.75 Å². The zero-order chi connectivity index (χ0) is 23.5. The predicted octanol–water partition coefficient (Wildman–Crippen LogP) is 9.67. The fourth-order valence-electron chi connectivity index (χ4n) is 4.10. The number of nitrogens with zero attached hydrogens (tertiary/aromatic N) is 1. The third-order valence-corrected chi connectivity index (χ3v) is 6.00. The monoisotopic (exact) mass is 457 g/mol. The predicted molar refractivity (Wildman–Crippen MR) is 131 cm³/mol. The molecule has 2 nitrogen and oxygen atoms in total. The molecule has 1 aromatic carbocycles. The second-order valence-electron chi connectivity index (χ2n) is 8.98. The molecule has 0 aliphatic heterocycles. The molecule has 186 valence electrons. The van der Waals surface area contributed by atoms with Gasteiger partial charge in [-0.3, -0.25) is 0 Å². The highest BCUT2D eigenvalue weighted by Gasteiger charge is 2.31. The van der Waals surface area contributed by atoms with E-state index in [9.17, 15) is 13.2 Å². The van der Waals surface area contributed by atoms with Gasteiger partial charge in [0, 0.05) is 18.8 Å². The maximum atomic E-state index is 12.4. The highest BCUT2D eigenvalue weighted by Crippen LogP contribution is 2.26. The molecule has 0 unspecified atom stereocenters. The van der Waals surface area contributed by atoms with Gasteiger partial charge in [0.05, 0.1) is 0 Å². The first kappa shape index (κ1) is 28.6. The lowest BCUT2D eigenvalue weighted by Gasteiger charge is -2.25. The highest BCUT2D eigenvalue weighted by molar-refractivity contribution is 5.49. The van der Waals surface area contributed by atoms with Crippen molar-refractivity contribution < 1.29 is 17.9 Å². The molecular formula is C27H46F3NO. The zero-order valence-electron chi connectivity index (χ0n) is 20.5. The molecular weight excluding hydrogens is 411 g/mol. The molecule has 1 aromatic rings. The van der Waals surface area contributed by atoms with Crippen molar-refractivity contribution in [1.82, 2.24) is 0 Å². The Morgan fingerprint density at radius 1 is 0.594 bits per heavy atom. The molecule has 0 aliphatic carbocycles. The molecule has 0 saturated heterocycles. The molecule has 0 radical (unpaired) electrons. The number of alkyl halides is 3. The summed E-state index contributed by atoms with van der Waals surface area (Å²) in [5.41, 5.74) is 0.991. The van der Waals surface area contributed by atoms with Crippen molar-refractivity contribution in [2.75, 3.05) is 18.0 Å². The van der Waals surface area contributed by atoms with E-state index in [0.717, 1.165) is 31.6 Å². The summed E-state index contributed by atoms with van der Waals surface area (Å²) < 4.78 is 41.3. The summed E-state index contributed by atoms with van der Waals surface area (Å²) in [5.74, 6) is -0.152. The molecule has 0 fully saturated rings. The Labute approximate surface area is 194 Å². The molecule has 0 N–H and O–H groups in total. The van der Waals surface area contributed by atoms with Gasteiger partial charge in [-0.2, -0.15) is 0 Å². The van der Waals surface area contributed by atoms with E-state index < -0.39 is 6.36 Å². The quantitative estimate of drug-likeness (QED) is 0.181. The first-order valence-electron chi connectivity index (χ1n) is 13.1. The number of unbranched alkanes of at least 4 members (excludes halogenated alkanes) is 14. The molecule has 0 bridgehead atoms. The fraction of sp³-hybridized carbons (Fsp3) is 0.778. The largest absolute Gasteiger partial charge is 0.573 e. The number of anilines is 1. The zero-order valence-corrected chi connectivity index (χ0v) is 20.5. The highest BCUT2D eigenvalue weighted by atomic mass is 19.4. The van der Waals surface area contributed by atoms with Gasteiger partial charge in [-0.25, -0.2) is 0 Å². The number of rotatable bonds is 20. The molecule has 0 saturated carbocycles. The second-order valence-corrected chi connectivity index (χ2v) is 8.98. The van der Waals surface area contributed by atoms with Gasteiger partial charge in [-0.05, 0) is 37.1 Å². The van der Waals surface area contributed by atoms with Crippen molar-refractivity contribution in [2.24, 2.45) is 0 Å². The average molecular weight is 458 g/mol. The Hall–Kier alpha value is -1.39. The lowest BCUT2D eigenvalue weighted by Crippen LogP contribution is -2.25. The normalized spacial score (nSPS) is 11.7. The molecule has 0 spiro atoms. The number of benzene rings is 1. The van der Waals surface area contributed by atoms with Crippen LogP contribution in [0.25, 0.3) is 0 Å². The lowest BCUT2D eigenvalue weighted by atomic mass is 10.1. The van der Waals surface area contributed by atoms with E-state index in [2.05, 4.69) is 23.5 Å². The minimum atomic E-state index is -4.64. The van der Waals surface area contributed by atoms with Crippen LogP contribution in [-0.2, 0) is 0 Å². The summed E-state index contributed by atoms with van der Waals surface area (Å²) >= 11 is 0. The smallest absolute Gasteiger partial charge is 0.406 e. The lowest BCUT2D eigenvalue weighted by molar-refractivity contribution is -0.274. The van der Waals surface area contributed by atoms with E-state index in [0.29, 0.717) is 0 Å². The molecule has 32 heavy (non-hydrogen) atoms. The molecule has 0 amide bonds. The average Bonchev–Trinajstić information content (AvgIpc) is 2.75. The van der Waals surface area contributed by atoms with E-state index in [1.54, 1.807) is 12.1 Å². The van der Waals surface area contributed by atoms with Crippen LogP contribution in [0.5, 0.6) is 5.75 Å². The van der Waals surface area contributed by atoms with Gasteiger partial charge < -0.3 is 9.64 Å². The van der Waals surface area contributed by atoms with E-state index in [1.807, 2.05) is 0 Å². The second kappa shape index (κ2) is 18.1.